The average Bonchev–Trinajstić information content (AvgIpc) is 2.60. The number of carbonyl (C=O) groups excluding carboxylic acids is 2. The summed E-state index contributed by atoms with van der Waals surface area (Å²) in [6.07, 6.45) is 0.361. The molecule has 0 unspecified atom stereocenters. The third-order valence-corrected chi connectivity index (χ3v) is 3.68. The minimum atomic E-state index is -0.567. The van der Waals surface area contributed by atoms with Crippen LogP contribution in [-0.4, -0.2) is 16.8 Å². The van der Waals surface area contributed by atoms with E-state index in [4.69, 9.17) is 16.3 Å². The maximum atomic E-state index is 12.0. The molecule has 0 aromatic heterocycles. The van der Waals surface area contributed by atoms with Crippen LogP contribution in [0.25, 0.3) is 0 Å². The molecule has 1 N–H and O–H groups in total. The lowest BCUT2D eigenvalue weighted by Crippen LogP contribution is -2.10. The molecular weight excluding hydrogens is 348 g/mol. The third kappa shape index (κ3) is 5.02. The molecule has 0 fully saturated rings. The Hall–Kier alpha value is -2.93. The molecule has 0 heterocycles. The number of ether oxygens (including phenoxy) is 1. The highest BCUT2D eigenvalue weighted by Gasteiger charge is 2.12. The molecule has 0 spiro atoms. The smallest absolute Gasteiger partial charge is 0.338 e. The summed E-state index contributed by atoms with van der Waals surface area (Å²) in [5.74, 6) is -0.689. The van der Waals surface area contributed by atoms with Crippen molar-refractivity contribution in [2.75, 3.05) is 5.32 Å². The van der Waals surface area contributed by atoms with Gasteiger partial charge in [0, 0.05) is 29.8 Å². The van der Waals surface area contributed by atoms with Gasteiger partial charge in [-0.25, -0.2) is 4.79 Å². The van der Waals surface area contributed by atoms with Crippen LogP contribution in [0.5, 0.6) is 0 Å². The summed E-state index contributed by atoms with van der Waals surface area (Å²) in [6, 6.07) is 10.2. The van der Waals surface area contributed by atoms with E-state index in [2.05, 4.69) is 5.32 Å². The number of esters is 1. The van der Waals surface area contributed by atoms with E-state index in [1.54, 1.807) is 19.1 Å². The highest BCUT2D eigenvalue weighted by atomic mass is 35.5. The fraction of sp³-hybridized carbons (Fsp3) is 0.176. The van der Waals surface area contributed by atoms with E-state index in [1.165, 1.54) is 30.3 Å². The van der Waals surface area contributed by atoms with E-state index in [1.807, 2.05) is 0 Å². The molecule has 0 aliphatic heterocycles. The highest BCUT2D eigenvalue weighted by molar-refractivity contribution is 6.31. The van der Waals surface area contributed by atoms with Crippen molar-refractivity contribution in [3.63, 3.8) is 0 Å². The number of non-ortho nitro benzene ring substituents is 1. The van der Waals surface area contributed by atoms with Gasteiger partial charge in [0.15, 0.2) is 0 Å². The van der Waals surface area contributed by atoms with Crippen LogP contribution >= 0.6 is 11.6 Å². The normalized spacial score (nSPS) is 10.2. The fourth-order valence-corrected chi connectivity index (χ4v) is 2.16. The lowest BCUT2D eigenvalue weighted by atomic mass is 10.2. The number of anilines is 1. The number of nitrogens with one attached hydrogen (secondary N) is 1. The molecule has 2 aromatic rings. The van der Waals surface area contributed by atoms with Gasteiger partial charge in [-0.2, -0.15) is 0 Å². The van der Waals surface area contributed by atoms with Gasteiger partial charge in [-0.15, -0.1) is 0 Å². The van der Waals surface area contributed by atoms with Crippen LogP contribution < -0.4 is 5.32 Å². The molecular formula is C17H15ClN2O5. The highest BCUT2D eigenvalue weighted by Crippen LogP contribution is 2.23. The molecule has 0 aliphatic rings. The number of nitrogens with zero attached hydrogens (tertiary/aromatic N) is 1. The van der Waals surface area contributed by atoms with E-state index < -0.39 is 10.9 Å². The molecule has 8 heteroatoms. The first kappa shape index (κ1) is 18.4. The summed E-state index contributed by atoms with van der Waals surface area (Å²) in [5.41, 5.74) is 1.23. The first-order valence-corrected chi connectivity index (χ1v) is 7.78. The van der Waals surface area contributed by atoms with E-state index in [0.717, 1.165) is 0 Å². The van der Waals surface area contributed by atoms with Crippen molar-refractivity contribution in [3.8, 4) is 0 Å². The van der Waals surface area contributed by atoms with Crippen molar-refractivity contribution < 1.29 is 19.2 Å². The fourth-order valence-electron chi connectivity index (χ4n) is 1.93. The second kappa shape index (κ2) is 8.25. The second-order valence-electron chi connectivity index (χ2n) is 5.09. The molecule has 0 radical (unpaired) electrons. The first-order chi connectivity index (χ1) is 11.9. The molecule has 0 atom stereocenters. The Morgan fingerprint density at radius 1 is 1.20 bits per heavy atom. The lowest BCUT2D eigenvalue weighted by Gasteiger charge is -2.08. The standard InChI is InChI=1S/C17H15ClN2O5/c1-2-16(21)19-13-6-3-11(4-7-13)17(22)25-10-12-5-8-14(20(23)24)9-15(12)18/h3-9H,2,10H2,1H3,(H,19,21). The van der Waals surface area contributed by atoms with Crippen LogP contribution in [0.2, 0.25) is 5.02 Å². The Morgan fingerprint density at radius 3 is 2.44 bits per heavy atom. The van der Waals surface area contributed by atoms with Gasteiger partial charge in [0.1, 0.15) is 6.61 Å². The van der Waals surface area contributed by atoms with Crippen LogP contribution in [0.3, 0.4) is 0 Å². The number of rotatable bonds is 6. The van der Waals surface area contributed by atoms with E-state index >= 15 is 0 Å². The number of hydrogen-bond donors (Lipinski definition) is 1. The summed E-state index contributed by atoms with van der Waals surface area (Å²) in [4.78, 5) is 33.4. The number of halogens is 1. The largest absolute Gasteiger partial charge is 0.457 e. The quantitative estimate of drug-likeness (QED) is 0.476. The summed E-state index contributed by atoms with van der Waals surface area (Å²) in [5, 5.41) is 13.5. The predicted octanol–water partition coefficient (Wildman–Crippen LogP) is 3.95. The Kier molecular flexibility index (Phi) is 6.08. The molecule has 2 rings (SSSR count). The molecule has 1 amide bonds. The Bertz CT molecular complexity index is 805. The molecule has 0 bridgehead atoms. The molecule has 130 valence electrons. The zero-order valence-corrected chi connectivity index (χ0v) is 14.1. The van der Waals surface area contributed by atoms with Crippen molar-refractivity contribution >= 4 is 34.9 Å². The summed E-state index contributed by atoms with van der Waals surface area (Å²) >= 11 is 5.95. The van der Waals surface area contributed by atoms with Gasteiger partial charge in [0.25, 0.3) is 5.69 Å². The molecule has 0 aliphatic carbocycles. The minimum Gasteiger partial charge on any atom is -0.457 e. The van der Waals surface area contributed by atoms with Gasteiger partial charge in [0.2, 0.25) is 5.91 Å². The summed E-state index contributed by atoms with van der Waals surface area (Å²) in [7, 11) is 0. The van der Waals surface area contributed by atoms with Crippen molar-refractivity contribution in [2.45, 2.75) is 20.0 Å². The van der Waals surface area contributed by atoms with Crippen LogP contribution in [0.1, 0.15) is 29.3 Å². The number of carbonyl (C=O) groups is 2. The third-order valence-electron chi connectivity index (χ3n) is 3.33. The summed E-state index contributed by atoms with van der Waals surface area (Å²) < 4.78 is 5.16. The number of benzene rings is 2. The zero-order valence-electron chi connectivity index (χ0n) is 13.3. The Balaban J connectivity index is 1.98. The average molecular weight is 363 g/mol. The molecule has 2 aromatic carbocycles. The van der Waals surface area contributed by atoms with Gasteiger partial charge in [-0.05, 0) is 30.3 Å². The molecule has 7 nitrogen and oxygen atoms in total. The summed E-state index contributed by atoms with van der Waals surface area (Å²) in [6.45, 7) is 1.63. The number of nitro benzene ring substituents is 1. The van der Waals surface area contributed by atoms with Crippen LogP contribution in [0.4, 0.5) is 11.4 Å². The van der Waals surface area contributed by atoms with Gasteiger partial charge < -0.3 is 10.1 Å². The SMILES string of the molecule is CCC(=O)Nc1ccc(C(=O)OCc2ccc([N+](=O)[O-])cc2Cl)cc1. The predicted molar refractivity (Wildman–Crippen MR) is 92.6 cm³/mol. The first-order valence-electron chi connectivity index (χ1n) is 7.40. The molecule has 0 saturated carbocycles. The maximum absolute atomic E-state index is 12.0. The van der Waals surface area contributed by atoms with Crippen LogP contribution in [0, 0.1) is 10.1 Å². The van der Waals surface area contributed by atoms with Crippen molar-refractivity contribution in [2.24, 2.45) is 0 Å². The van der Waals surface area contributed by atoms with Crippen molar-refractivity contribution in [1.82, 2.24) is 0 Å². The Morgan fingerprint density at radius 2 is 1.88 bits per heavy atom. The van der Waals surface area contributed by atoms with Gasteiger partial charge in [-0.1, -0.05) is 18.5 Å². The van der Waals surface area contributed by atoms with E-state index in [-0.39, 0.29) is 23.2 Å². The van der Waals surface area contributed by atoms with Gasteiger partial charge in [-0.3, -0.25) is 14.9 Å². The number of nitro groups is 1. The van der Waals surface area contributed by atoms with Gasteiger partial charge in [0.05, 0.1) is 15.5 Å². The van der Waals surface area contributed by atoms with Crippen LogP contribution in [0.15, 0.2) is 42.5 Å². The molecule has 25 heavy (non-hydrogen) atoms. The number of amides is 1. The van der Waals surface area contributed by atoms with Gasteiger partial charge >= 0.3 is 5.97 Å². The molecule has 0 saturated heterocycles. The van der Waals surface area contributed by atoms with Crippen molar-refractivity contribution in [1.29, 1.82) is 0 Å². The van der Waals surface area contributed by atoms with Crippen LogP contribution in [-0.2, 0) is 16.1 Å². The zero-order chi connectivity index (χ0) is 18.4. The van der Waals surface area contributed by atoms with E-state index in [0.29, 0.717) is 23.2 Å². The van der Waals surface area contributed by atoms with Crippen molar-refractivity contribution in [3.05, 3.63) is 68.7 Å². The lowest BCUT2D eigenvalue weighted by molar-refractivity contribution is -0.384. The monoisotopic (exact) mass is 362 g/mol. The topological polar surface area (TPSA) is 98.5 Å². The maximum Gasteiger partial charge on any atom is 0.338 e. The van der Waals surface area contributed by atoms with E-state index in [9.17, 15) is 19.7 Å². The minimum absolute atomic E-state index is 0.107. The Labute approximate surface area is 148 Å². The number of hydrogen-bond acceptors (Lipinski definition) is 5. The second-order valence-corrected chi connectivity index (χ2v) is 5.50.